The third-order valence-electron chi connectivity index (χ3n) is 10.7. The van der Waals surface area contributed by atoms with E-state index in [1.54, 1.807) is 0 Å². The zero-order valence-corrected chi connectivity index (χ0v) is 31.8. The van der Waals surface area contributed by atoms with E-state index < -0.39 is 0 Å². The predicted molar refractivity (Wildman–Crippen MR) is 240 cm³/mol. The van der Waals surface area contributed by atoms with Crippen molar-refractivity contribution in [3.05, 3.63) is 194 Å². The molecule has 0 amide bonds. The van der Waals surface area contributed by atoms with E-state index in [1.807, 2.05) is 22.7 Å². The maximum Gasteiger partial charge on any atom is 0.161 e. The molecule has 0 fully saturated rings. The first-order valence-corrected chi connectivity index (χ1v) is 20.4. The molecule has 0 atom stereocenters. The van der Waals surface area contributed by atoms with Gasteiger partial charge < -0.3 is 0 Å². The van der Waals surface area contributed by atoms with Crippen LogP contribution in [0.5, 0.6) is 0 Å². The van der Waals surface area contributed by atoms with Crippen molar-refractivity contribution in [2.24, 2.45) is 0 Å². The van der Waals surface area contributed by atoms with Crippen molar-refractivity contribution in [3.63, 3.8) is 0 Å². The molecule has 262 valence electrons. The highest BCUT2D eigenvalue weighted by Crippen LogP contribution is 2.44. The Balaban J connectivity index is 1.08. The molecule has 4 heteroatoms. The van der Waals surface area contributed by atoms with Crippen molar-refractivity contribution in [2.45, 2.75) is 0 Å². The number of thiophene rings is 2. The van der Waals surface area contributed by atoms with Crippen molar-refractivity contribution < 1.29 is 0 Å². The Hall–Kier alpha value is -6.72. The molecule has 0 aliphatic rings. The molecule has 3 aromatic heterocycles. The molecule has 0 aliphatic carbocycles. The zero-order valence-electron chi connectivity index (χ0n) is 30.2. The van der Waals surface area contributed by atoms with E-state index in [-0.39, 0.29) is 0 Å². The molecule has 0 radical (unpaired) electrons. The molecule has 0 N–H and O–H groups in total. The lowest BCUT2D eigenvalue weighted by atomic mass is 9.92. The summed E-state index contributed by atoms with van der Waals surface area (Å²) in [6, 6.07) is 69.6. The molecule has 0 unspecified atom stereocenters. The predicted octanol–water partition coefficient (Wildman–Crippen LogP) is 15.2. The Labute approximate surface area is 332 Å². The summed E-state index contributed by atoms with van der Waals surface area (Å²) in [6.07, 6.45) is 0. The normalized spacial score (nSPS) is 11.6. The van der Waals surface area contributed by atoms with Gasteiger partial charge in [0, 0.05) is 57.0 Å². The highest BCUT2D eigenvalue weighted by atomic mass is 32.1. The van der Waals surface area contributed by atoms with E-state index in [1.165, 1.54) is 73.7 Å². The Morgan fingerprint density at radius 1 is 0.304 bits per heavy atom. The third kappa shape index (κ3) is 5.62. The molecule has 0 spiro atoms. The van der Waals surface area contributed by atoms with Crippen LogP contribution in [0.2, 0.25) is 0 Å². The van der Waals surface area contributed by atoms with Crippen LogP contribution in [-0.4, -0.2) is 9.97 Å². The fraction of sp³-hybridized carbons (Fsp3) is 0. The van der Waals surface area contributed by atoms with Gasteiger partial charge in [-0.2, -0.15) is 0 Å². The monoisotopic (exact) mass is 748 g/mol. The van der Waals surface area contributed by atoms with Crippen molar-refractivity contribution in [1.29, 1.82) is 0 Å². The van der Waals surface area contributed by atoms with E-state index in [0.717, 1.165) is 33.9 Å². The molecule has 3 heterocycles. The van der Waals surface area contributed by atoms with Crippen molar-refractivity contribution in [3.8, 4) is 67.3 Å². The average Bonchev–Trinajstić information content (AvgIpc) is 3.85. The van der Waals surface area contributed by atoms with Crippen LogP contribution >= 0.6 is 22.7 Å². The van der Waals surface area contributed by atoms with E-state index in [2.05, 4.69) is 194 Å². The summed E-state index contributed by atoms with van der Waals surface area (Å²) in [5.41, 5.74) is 12.3. The molecule has 11 aromatic rings. The van der Waals surface area contributed by atoms with Crippen LogP contribution in [0.3, 0.4) is 0 Å². The SMILES string of the molecule is c1ccc(-c2cc(-c3cccc4c3sc3ccccc34)nc(-c3cccc4sc5ccc(-c6cccc(-c7ccccc7-c7ccccc7)c6)cc5c34)n2)cc1. The second kappa shape index (κ2) is 13.5. The van der Waals surface area contributed by atoms with Gasteiger partial charge in [-0.25, -0.2) is 9.97 Å². The maximum absolute atomic E-state index is 5.42. The van der Waals surface area contributed by atoms with Gasteiger partial charge in [-0.05, 0) is 69.8 Å². The molecule has 0 bridgehead atoms. The minimum Gasteiger partial charge on any atom is -0.228 e. The molecule has 0 saturated heterocycles. The van der Waals surface area contributed by atoms with Gasteiger partial charge in [0.25, 0.3) is 0 Å². The van der Waals surface area contributed by atoms with Gasteiger partial charge in [0.15, 0.2) is 5.82 Å². The van der Waals surface area contributed by atoms with Crippen LogP contribution < -0.4 is 0 Å². The fourth-order valence-corrected chi connectivity index (χ4v) is 10.4. The maximum atomic E-state index is 5.42. The Kier molecular flexibility index (Phi) is 7.90. The van der Waals surface area contributed by atoms with Gasteiger partial charge in [0.2, 0.25) is 0 Å². The number of hydrogen-bond acceptors (Lipinski definition) is 4. The zero-order chi connectivity index (χ0) is 37.0. The molecular formula is C52H32N2S2. The van der Waals surface area contributed by atoms with Crippen LogP contribution in [0.4, 0.5) is 0 Å². The van der Waals surface area contributed by atoms with Crippen molar-refractivity contribution in [2.75, 3.05) is 0 Å². The summed E-state index contributed by atoms with van der Waals surface area (Å²) < 4.78 is 5.00. The standard InChI is InChI=1S/C52H32N2S2/c1-3-14-33(15-4-1)38-20-7-8-21-39(38)37-19-11-18-35(30-37)36-28-29-48-44(31-36)50-43(25-13-27-49(50)55-48)52-53-45(34-16-5-2-6-17-34)32-46(54-52)42-24-12-23-41-40-22-9-10-26-47(40)56-51(41)42/h1-32H. The van der Waals surface area contributed by atoms with Crippen LogP contribution in [0.25, 0.3) is 108 Å². The first kappa shape index (κ1) is 32.7. The first-order valence-electron chi connectivity index (χ1n) is 18.8. The quantitative estimate of drug-likeness (QED) is 0.169. The fourth-order valence-electron chi connectivity index (χ4n) is 8.07. The largest absolute Gasteiger partial charge is 0.228 e. The second-order valence-electron chi connectivity index (χ2n) is 14.1. The summed E-state index contributed by atoms with van der Waals surface area (Å²) in [7, 11) is 0. The lowest BCUT2D eigenvalue weighted by Gasteiger charge is -2.12. The highest BCUT2D eigenvalue weighted by Gasteiger charge is 2.19. The summed E-state index contributed by atoms with van der Waals surface area (Å²) in [4.78, 5) is 10.7. The number of benzene rings is 8. The topological polar surface area (TPSA) is 25.8 Å². The Morgan fingerprint density at radius 3 is 1.73 bits per heavy atom. The molecule has 2 nitrogen and oxygen atoms in total. The molecule has 11 rings (SSSR count). The number of aromatic nitrogens is 2. The van der Waals surface area contributed by atoms with E-state index in [9.17, 15) is 0 Å². The van der Waals surface area contributed by atoms with Crippen LogP contribution in [-0.2, 0) is 0 Å². The minimum atomic E-state index is 0.731. The van der Waals surface area contributed by atoms with E-state index in [4.69, 9.17) is 9.97 Å². The lowest BCUT2D eigenvalue weighted by Crippen LogP contribution is -1.96. The van der Waals surface area contributed by atoms with Gasteiger partial charge in [0.1, 0.15) is 0 Å². The molecule has 8 aromatic carbocycles. The molecule has 0 saturated carbocycles. The summed E-state index contributed by atoms with van der Waals surface area (Å²) in [6.45, 7) is 0. The summed E-state index contributed by atoms with van der Waals surface area (Å²) in [5, 5.41) is 4.95. The number of fused-ring (bicyclic) bond motifs is 6. The van der Waals surface area contributed by atoms with Crippen molar-refractivity contribution >= 4 is 63.0 Å². The number of hydrogen-bond donors (Lipinski definition) is 0. The van der Waals surface area contributed by atoms with Crippen LogP contribution in [0.1, 0.15) is 0 Å². The van der Waals surface area contributed by atoms with Crippen LogP contribution in [0.15, 0.2) is 194 Å². The number of rotatable bonds is 6. The average molecular weight is 749 g/mol. The Morgan fingerprint density at radius 2 is 0.875 bits per heavy atom. The minimum absolute atomic E-state index is 0.731. The summed E-state index contributed by atoms with van der Waals surface area (Å²) >= 11 is 3.66. The highest BCUT2D eigenvalue weighted by molar-refractivity contribution is 7.26. The van der Waals surface area contributed by atoms with E-state index >= 15 is 0 Å². The molecular weight excluding hydrogens is 717 g/mol. The van der Waals surface area contributed by atoms with Gasteiger partial charge >= 0.3 is 0 Å². The second-order valence-corrected chi connectivity index (χ2v) is 16.2. The lowest BCUT2D eigenvalue weighted by molar-refractivity contribution is 1.19. The van der Waals surface area contributed by atoms with Gasteiger partial charge in [0.05, 0.1) is 11.4 Å². The van der Waals surface area contributed by atoms with E-state index in [0.29, 0.717) is 0 Å². The van der Waals surface area contributed by atoms with Gasteiger partial charge in [-0.1, -0.05) is 158 Å². The summed E-state index contributed by atoms with van der Waals surface area (Å²) in [5.74, 6) is 0.731. The number of nitrogens with zero attached hydrogens (tertiary/aromatic N) is 2. The van der Waals surface area contributed by atoms with Crippen LogP contribution in [0, 0.1) is 0 Å². The molecule has 56 heavy (non-hydrogen) atoms. The smallest absolute Gasteiger partial charge is 0.161 e. The Bertz CT molecular complexity index is 3250. The first-order chi connectivity index (χ1) is 27.7. The third-order valence-corrected chi connectivity index (χ3v) is 13.1. The van der Waals surface area contributed by atoms with Gasteiger partial charge in [-0.15, -0.1) is 22.7 Å². The van der Waals surface area contributed by atoms with Gasteiger partial charge in [-0.3, -0.25) is 0 Å². The molecule has 0 aliphatic heterocycles. The van der Waals surface area contributed by atoms with Crippen molar-refractivity contribution in [1.82, 2.24) is 9.97 Å².